The largest absolute Gasteiger partial charge is 0.478 e. The van der Waals surface area contributed by atoms with E-state index >= 15 is 0 Å². The van der Waals surface area contributed by atoms with E-state index in [1.54, 1.807) is 19.1 Å². The first kappa shape index (κ1) is 15.4. The van der Waals surface area contributed by atoms with Crippen LogP contribution in [0.15, 0.2) is 29.3 Å². The van der Waals surface area contributed by atoms with Gasteiger partial charge < -0.3 is 5.11 Å². The fraction of sp³-hybridized carbons (Fsp3) is 0.167. The van der Waals surface area contributed by atoms with Crippen LogP contribution in [0.2, 0.25) is 0 Å². The molecule has 0 aliphatic heterocycles. The van der Waals surface area contributed by atoms with E-state index in [1.165, 1.54) is 23.6 Å². The van der Waals surface area contributed by atoms with Crippen LogP contribution < -0.4 is 4.72 Å². The lowest BCUT2D eigenvalue weighted by Gasteiger charge is -2.03. The van der Waals surface area contributed by atoms with Crippen molar-refractivity contribution in [1.29, 1.82) is 0 Å². The molecule has 9 heteroatoms. The molecule has 2 aromatic heterocycles. The number of carboxylic acid groups (broad SMARTS) is 1. The number of aromatic amines is 1. The van der Waals surface area contributed by atoms with E-state index in [-0.39, 0.29) is 11.4 Å². The third kappa shape index (κ3) is 4.00. The van der Waals surface area contributed by atoms with Gasteiger partial charge in [0.05, 0.1) is 11.9 Å². The number of hydrogen-bond donors (Lipinski definition) is 3. The molecule has 0 saturated carbocycles. The fourth-order valence-electron chi connectivity index (χ4n) is 1.59. The summed E-state index contributed by atoms with van der Waals surface area (Å²) in [5.74, 6) is -1.03. The van der Waals surface area contributed by atoms with Crippen LogP contribution >= 0.6 is 11.3 Å². The van der Waals surface area contributed by atoms with Crippen LogP contribution in [-0.4, -0.2) is 29.7 Å². The molecule has 3 N–H and O–H groups in total. The Hall–Kier alpha value is -1.97. The predicted octanol–water partition coefficient (Wildman–Crippen LogP) is 1.36. The van der Waals surface area contributed by atoms with E-state index in [1.807, 2.05) is 0 Å². The zero-order valence-corrected chi connectivity index (χ0v) is 12.7. The molecule has 21 heavy (non-hydrogen) atoms. The number of nitrogens with zero attached hydrogens (tertiary/aromatic N) is 1. The molecule has 0 amide bonds. The molecule has 0 atom stereocenters. The predicted molar refractivity (Wildman–Crippen MR) is 78.3 cm³/mol. The summed E-state index contributed by atoms with van der Waals surface area (Å²) in [4.78, 5) is 12.1. The number of sulfonamides is 1. The van der Waals surface area contributed by atoms with Crippen molar-refractivity contribution in [3.8, 4) is 0 Å². The lowest BCUT2D eigenvalue weighted by Crippen LogP contribution is -2.23. The summed E-state index contributed by atoms with van der Waals surface area (Å²) in [7, 11) is -3.61. The second kappa shape index (κ2) is 6.20. The Morgan fingerprint density at radius 1 is 1.52 bits per heavy atom. The minimum atomic E-state index is -3.61. The first-order valence-electron chi connectivity index (χ1n) is 5.88. The molecular formula is C12H13N3O4S2. The van der Waals surface area contributed by atoms with Crippen LogP contribution in [-0.2, 0) is 21.4 Å². The summed E-state index contributed by atoms with van der Waals surface area (Å²) in [5.41, 5.74) is 0.471. The maximum Gasteiger partial charge on any atom is 0.328 e. The molecule has 0 fully saturated rings. The van der Waals surface area contributed by atoms with E-state index in [4.69, 9.17) is 5.11 Å². The maximum atomic E-state index is 12.1. The standard InChI is InChI=1S/C12H13N3O4S2/c1-8-11(7-13-15-8)21(18,19)14-6-10-3-2-9(20-10)4-5-12(16)17/h2-5,7,14H,6H2,1H3,(H,13,15)(H,16,17). The molecule has 0 bridgehead atoms. The molecule has 0 aromatic carbocycles. The molecule has 0 saturated heterocycles. The summed E-state index contributed by atoms with van der Waals surface area (Å²) < 4.78 is 26.6. The number of aliphatic carboxylic acids is 1. The summed E-state index contributed by atoms with van der Waals surface area (Å²) in [6.45, 7) is 1.76. The number of rotatable bonds is 6. The van der Waals surface area contributed by atoms with Crippen LogP contribution in [0.4, 0.5) is 0 Å². The van der Waals surface area contributed by atoms with Crippen molar-refractivity contribution in [2.24, 2.45) is 0 Å². The Balaban J connectivity index is 2.04. The third-order valence-electron chi connectivity index (χ3n) is 2.58. The first-order chi connectivity index (χ1) is 9.88. The topological polar surface area (TPSA) is 112 Å². The SMILES string of the molecule is Cc1[nH]ncc1S(=O)(=O)NCc1ccc(C=CC(=O)O)s1. The smallest absolute Gasteiger partial charge is 0.328 e. The van der Waals surface area contributed by atoms with Crippen molar-refractivity contribution in [1.82, 2.24) is 14.9 Å². The molecular weight excluding hydrogens is 314 g/mol. The molecule has 2 heterocycles. The summed E-state index contributed by atoms with van der Waals surface area (Å²) in [6, 6.07) is 3.48. The highest BCUT2D eigenvalue weighted by Gasteiger charge is 2.18. The van der Waals surface area contributed by atoms with Crippen LogP contribution in [0.1, 0.15) is 15.4 Å². The molecule has 2 rings (SSSR count). The number of hydrogen-bond acceptors (Lipinski definition) is 5. The number of nitrogens with one attached hydrogen (secondary N) is 2. The van der Waals surface area contributed by atoms with E-state index in [2.05, 4.69) is 14.9 Å². The van der Waals surface area contributed by atoms with E-state index in [0.717, 1.165) is 15.8 Å². The number of thiophene rings is 1. The van der Waals surface area contributed by atoms with Gasteiger partial charge in [-0.1, -0.05) is 0 Å². The molecule has 0 unspecified atom stereocenters. The van der Waals surface area contributed by atoms with Crippen LogP contribution in [0.5, 0.6) is 0 Å². The number of aryl methyl sites for hydroxylation is 1. The number of carboxylic acids is 1. The molecule has 0 radical (unpaired) electrons. The van der Waals surface area contributed by atoms with Crippen LogP contribution in [0.25, 0.3) is 6.08 Å². The molecule has 112 valence electrons. The average Bonchev–Trinajstić information content (AvgIpc) is 3.03. The van der Waals surface area contributed by atoms with Gasteiger partial charge in [0.1, 0.15) is 4.90 Å². The zero-order valence-electron chi connectivity index (χ0n) is 11.0. The summed E-state index contributed by atoms with van der Waals surface area (Å²) in [6.07, 6.45) is 3.76. The van der Waals surface area contributed by atoms with Gasteiger partial charge in [-0.25, -0.2) is 17.9 Å². The highest BCUT2D eigenvalue weighted by molar-refractivity contribution is 7.89. The average molecular weight is 327 g/mol. The van der Waals surface area contributed by atoms with Gasteiger partial charge in [-0.05, 0) is 25.1 Å². The van der Waals surface area contributed by atoms with Gasteiger partial charge in [0.25, 0.3) is 0 Å². The molecule has 0 spiro atoms. The normalized spacial score (nSPS) is 12.0. The minimum Gasteiger partial charge on any atom is -0.478 e. The van der Waals surface area contributed by atoms with Crippen molar-refractivity contribution >= 4 is 33.4 Å². The highest BCUT2D eigenvalue weighted by atomic mass is 32.2. The van der Waals surface area contributed by atoms with Crippen molar-refractivity contribution in [2.45, 2.75) is 18.4 Å². The van der Waals surface area contributed by atoms with Gasteiger partial charge >= 0.3 is 5.97 Å². The van der Waals surface area contributed by atoms with Crippen molar-refractivity contribution in [2.75, 3.05) is 0 Å². The maximum absolute atomic E-state index is 12.1. The second-order valence-corrected chi connectivity index (χ2v) is 7.09. The van der Waals surface area contributed by atoms with Crippen molar-refractivity contribution in [3.05, 3.63) is 39.9 Å². The molecule has 2 aromatic rings. The second-order valence-electron chi connectivity index (χ2n) is 4.16. The highest BCUT2D eigenvalue weighted by Crippen LogP contribution is 2.19. The van der Waals surface area contributed by atoms with Crippen LogP contribution in [0, 0.1) is 6.92 Å². The van der Waals surface area contributed by atoms with E-state index < -0.39 is 16.0 Å². The lowest BCUT2D eigenvalue weighted by atomic mass is 10.4. The molecule has 0 aliphatic rings. The zero-order chi connectivity index (χ0) is 15.5. The summed E-state index contributed by atoms with van der Waals surface area (Å²) in [5, 5.41) is 14.8. The van der Waals surface area contributed by atoms with Gasteiger partial charge in [-0.2, -0.15) is 5.10 Å². The van der Waals surface area contributed by atoms with Gasteiger partial charge in [0, 0.05) is 22.4 Å². The first-order valence-corrected chi connectivity index (χ1v) is 8.18. The van der Waals surface area contributed by atoms with Crippen molar-refractivity contribution < 1.29 is 18.3 Å². The van der Waals surface area contributed by atoms with Gasteiger partial charge in [-0.15, -0.1) is 11.3 Å². The Kier molecular flexibility index (Phi) is 4.56. The number of carbonyl (C=O) groups is 1. The van der Waals surface area contributed by atoms with Crippen molar-refractivity contribution in [3.63, 3.8) is 0 Å². The molecule has 0 aliphatic carbocycles. The fourth-order valence-corrected chi connectivity index (χ4v) is 3.67. The Morgan fingerprint density at radius 3 is 2.90 bits per heavy atom. The van der Waals surface area contributed by atoms with Gasteiger partial charge in [0.15, 0.2) is 0 Å². The van der Waals surface area contributed by atoms with E-state index in [9.17, 15) is 13.2 Å². The Bertz CT molecular complexity index is 774. The Labute approximate surface area is 125 Å². The quantitative estimate of drug-likeness (QED) is 0.693. The van der Waals surface area contributed by atoms with Crippen LogP contribution in [0.3, 0.4) is 0 Å². The van der Waals surface area contributed by atoms with E-state index in [0.29, 0.717) is 5.69 Å². The Morgan fingerprint density at radius 2 is 2.29 bits per heavy atom. The van der Waals surface area contributed by atoms with Gasteiger partial charge in [0.2, 0.25) is 10.0 Å². The monoisotopic (exact) mass is 327 g/mol. The lowest BCUT2D eigenvalue weighted by molar-refractivity contribution is -0.131. The third-order valence-corrected chi connectivity index (χ3v) is 5.15. The minimum absolute atomic E-state index is 0.116. The number of H-pyrrole nitrogens is 1. The molecule has 7 nitrogen and oxygen atoms in total. The summed E-state index contributed by atoms with van der Waals surface area (Å²) >= 11 is 1.32. The van der Waals surface area contributed by atoms with Gasteiger partial charge in [-0.3, -0.25) is 5.10 Å². The number of aromatic nitrogens is 2.